The average Bonchev–Trinajstić information content (AvgIpc) is 2.90. The molecule has 4 aliphatic heterocycles. The molecule has 1 unspecified atom stereocenters. The minimum atomic E-state index is -0.466. The molecule has 5 heterocycles. The summed E-state index contributed by atoms with van der Waals surface area (Å²) in [4.78, 5) is 26.4. The van der Waals surface area contributed by atoms with Crippen molar-refractivity contribution in [2.24, 2.45) is 11.8 Å². The third-order valence-electron chi connectivity index (χ3n) is 8.01. The van der Waals surface area contributed by atoms with Gasteiger partial charge in [-0.1, -0.05) is 0 Å². The Hall–Kier alpha value is -2.78. The van der Waals surface area contributed by atoms with Crippen LogP contribution in [0, 0.1) is 17.7 Å². The lowest BCUT2D eigenvalue weighted by molar-refractivity contribution is -0.130. The summed E-state index contributed by atoms with van der Waals surface area (Å²) in [5.41, 5.74) is 0.804. The number of aromatic nitrogens is 2. The number of methoxy groups -OCH3 is 1. The number of piperidine rings is 4. The summed E-state index contributed by atoms with van der Waals surface area (Å²) in [5, 5.41) is 3.41. The lowest BCUT2D eigenvalue weighted by atomic mass is 9.73. The van der Waals surface area contributed by atoms with Crippen molar-refractivity contribution in [3.63, 3.8) is 0 Å². The SMILES string of the molecule is COCCOc1ccc(-c2nc(N3CCC(C(=O)NC4(C)CN5CCC4CC5)CC3)ncc2F)cc1. The van der Waals surface area contributed by atoms with Gasteiger partial charge in [-0.25, -0.2) is 14.4 Å². The Morgan fingerprint density at radius 2 is 1.83 bits per heavy atom. The normalized spacial score (nSPS) is 26.1. The van der Waals surface area contributed by atoms with Crippen LogP contribution < -0.4 is 15.0 Å². The van der Waals surface area contributed by atoms with E-state index in [1.54, 1.807) is 31.4 Å². The van der Waals surface area contributed by atoms with Gasteiger partial charge in [0.05, 0.1) is 18.3 Å². The molecule has 6 rings (SSSR count). The van der Waals surface area contributed by atoms with Crippen LogP contribution in [0.2, 0.25) is 0 Å². The first kappa shape index (κ1) is 24.9. The third kappa shape index (κ3) is 5.32. The molecule has 1 aromatic heterocycles. The molecule has 1 N–H and O–H groups in total. The molecule has 2 aromatic rings. The highest BCUT2D eigenvalue weighted by atomic mass is 19.1. The fraction of sp³-hybridized carbons (Fsp3) is 0.593. The van der Waals surface area contributed by atoms with Crippen LogP contribution in [0.1, 0.15) is 32.6 Å². The molecule has 0 spiro atoms. The van der Waals surface area contributed by atoms with Gasteiger partial charge in [0, 0.05) is 38.2 Å². The number of hydrogen-bond donors (Lipinski definition) is 1. The van der Waals surface area contributed by atoms with Crippen LogP contribution in [0.4, 0.5) is 10.3 Å². The Morgan fingerprint density at radius 3 is 2.47 bits per heavy atom. The number of nitrogens with one attached hydrogen (secondary N) is 1. The predicted molar refractivity (Wildman–Crippen MR) is 135 cm³/mol. The molecule has 1 amide bonds. The zero-order chi connectivity index (χ0) is 25.1. The third-order valence-corrected chi connectivity index (χ3v) is 8.01. The number of amides is 1. The number of ether oxygens (including phenoxy) is 2. The van der Waals surface area contributed by atoms with Gasteiger partial charge >= 0.3 is 0 Å². The lowest BCUT2D eigenvalue weighted by Crippen LogP contribution is -2.66. The average molecular weight is 498 g/mol. The van der Waals surface area contributed by atoms with Crippen molar-refractivity contribution in [3.8, 4) is 17.0 Å². The summed E-state index contributed by atoms with van der Waals surface area (Å²) < 4.78 is 25.2. The van der Waals surface area contributed by atoms with E-state index in [-0.39, 0.29) is 23.1 Å². The summed E-state index contributed by atoms with van der Waals surface area (Å²) >= 11 is 0. The topological polar surface area (TPSA) is 79.8 Å². The van der Waals surface area contributed by atoms with E-state index in [1.165, 1.54) is 19.0 Å². The molecule has 8 nitrogen and oxygen atoms in total. The second-order valence-electron chi connectivity index (χ2n) is 10.5. The van der Waals surface area contributed by atoms with Crippen molar-refractivity contribution in [1.82, 2.24) is 20.2 Å². The maximum absolute atomic E-state index is 14.6. The summed E-state index contributed by atoms with van der Waals surface area (Å²) in [6.45, 7) is 7.76. The molecule has 4 fully saturated rings. The van der Waals surface area contributed by atoms with Crippen molar-refractivity contribution in [3.05, 3.63) is 36.3 Å². The van der Waals surface area contributed by atoms with Crippen LogP contribution in [0.15, 0.2) is 30.5 Å². The van der Waals surface area contributed by atoms with Crippen molar-refractivity contribution >= 4 is 11.9 Å². The van der Waals surface area contributed by atoms with E-state index in [4.69, 9.17) is 9.47 Å². The summed E-state index contributed by atoms with van der Waals surface area (Å²) in [7, 11) is 1.62. The van der Waals surface area contributed by atoms with Crippen molar-refractivity contribution < 1.29 is 18.7 Å². The highest BCUT2D eigenvalue weighted by Gasteiger charge is 2.45. The second-order valence-corrected chi connectivity index (χ2v) is 10.5. The maximum atomic E-state index is 14.6. The van der Waals surface area contributed by atoms with Gasteiger partial charge in [-0.05, 0) is 75.9 Å². The van der Waals surface area contributed by atoms with Gasteiger partial charge in [0.15, 0.2) is 5.82 Å². The van der Waals surface area contributed by atoms with Crippen LogP contribution in [0.5, 0.6) is 5.75 Å². The number of nitrogens with zero attached hydrogens (tertiary/aromatic N) is 4. The molecule has 36 heavy (non-hydrogen) atoms. The van der Waals surface area contributed by atoms with Crippen molar-refractivity contribution in [2.75, 3.05) is 57.9 Å². The second kappa shape index (κ2) is 10.7. The van der Waals surface area contributed by atoms with Gasteiger partial charge in [0.25, 0.3) is 0 Å². The smallest absolute Gasteiger partial charge is 0.226 e. The highest BCUT2D eigenvalue weighted by Crippen LogP contribution is 2.36. The molecular formula is C27H36FN5O3. The van der Waals surface area contributed by atoms with E-state index < -0.39 is 5.82 Å². The summed E-state index contributed by atoms with van der Waals surface area (Å²) in [5.74, 6) is 1.45. The number of benzene rings is 1. The zero-order valence-corrected chi connectivity index (χ0v) is 21.2. The van der Waals surface area contributed by atoms with Crippen LogP contribution in [-0.2, 0) is 9.53 Å². The number of anilines is 1. The summed E-state index contributed by atoms with van der Waals surface area (Å²) in [6, 6.07) is 7.18. The first-order valence-electron chi connectivity index (χ1n) is 13.0. The fourth-order valence-electron chi connectivity index (χ4n) is 5.85. The number of halogens is 1. The van der Waals surface area contributed by atoms with E-state index in [1.807, 2.05) is 4.90 Å². The lowest BCUT2D eigenvalue weighted by Gasteiger charge is -2.52. The molecular weight excluding hydrogens is 461 g/mol. The maximum Gasteiger partial charge on any atom is 0.226 e. The minimum absolute atomic E-state index is 0.0147. The monoisotopic (exact) mass is 497 g/mol. The Labute approximate surface area is 212 Å². The van der Waals surface area contributed by atoms with Gasteiger partial charge in [0.2, 0.25) is 11.9 Å². The van der Waals surface area contributed by atoms with E-state index in [2.05, 4.69) is 27.1 Å². The highest BCUT2D eigenvalue weighted by molar-refractivity contribution is 5.80. The molecule has 9 heteroatoms. The minimum Gasteiger partial charge on any atom is -0.491 e. The fourth-order valence-corrected chi connectivity index (χ4v) is 5.85. The Balaban J connectivity index is 1.19. The van der Waals surface area contributed by atoms with Gasteiger partial charge in [-0.15, -0.1) is 0 Å². The largest absolute Gasteiger partial charge is 0.491 e. The quantitative estimate of drug-likeness (QED) is 0.562. The molecule has 1 aromatic carbocycles. The van der Waals surface area contributed by atoms with Crippen molar-refractivity contribution in [2.45, 2.75) is 38.1 Å². The van der Waals surface area contributed by atoms with Gasteiger partial charge in [-0.3, -0.25) is 4.79 Å². The molecule has 0 saturated carbocycles. The molecule has 194 valence electrons. The Morgan fingerprint density at radius 1 is 1.11 bits per heavy atom. The number of carbonyl (C=O) groups excluding carboxylic acids is 1. The number of fused-ring (bicyclic) bond motifs is 3. The molecule has 4 aliphatic rings. The first-order valence-corrected chi connectivity index (χ1v) is 13.0. The van der Waals surface area contributed by atoms with E-state index in [0.717, 1.165) is 32.5 Å². The molecule has 2 bridgehead atoms. The Bertz CT molecular complexity index is 1050. The van der Waals surface area contributed by atoms with Crippen LogP contribution >= 0.6 is 0 Å². The van der Waals surface area contributed by atoms with Crippen LogP contribution in [-0.4, -0.2) is 79.4 Å². The number of rotatable bonds is 8. The Kier molecular flexibility index (Phi) is 7.39. The van der Waals surface area contributed by atoms with Crippen LogP contribution in [0.25, 0.3) is 11.3 Å². The standard InChI is InChI=1S/C27H36FN5O3/c1-27(18-32-11-9-21(27)10-12-32)31-25(34)20-7-13-33(14-8-20)26-29-17-23(28)24(30-26)19-3-5-22(6-4-19)36-16-15-35-2/h3-6,17,20-21H,7-16,18H2,1-2H3,(H,31,34). The van der Waals surface area contributed by atoms with Gasteiger partial charge < -0.3 is 24.6 Å². The molecule has 0 aliphatic carbocycles. The number of carbonyl (C=O) groups is 1. The van der Waals surface area contributed by atoms with E-state index in [0.29, 0.717) is 49.5 Å². The summed E-state index contributed by atoms with van der Waals surface area (Å²) in [6.07, 6.45) is 5.04. The predicted octanol–water partition coefficient (Wildman–Crippen LogP) is 3.12. The zero-order valence-electron chi connectivity index (χ0n) is 21.2. The van der Waals surface area contributed by atoms with Crippen molar-refractivity contribution in [1.29, 1.82) is 0 Å². The molecule has 4 saturated heterocycles. The van der Waals surface area contributed by atoms with E-state index >= 15 is 0 Å². The van der Waals surface area contributed by atoms with E-state index in [9.17, 15) is 9.18 Å². The van der Waals surface area contributed by atoms with Gasteiger partial charge in [-0.2, -0.15) is 0 Å². The van der Waals surface area contributed by atoms with Gasteiger partial charge in [0.1, 0.15) is 18.1 Å². The number of hydrogen-bond acceptors (Lipinski definition) is 7. The first-order chi connectivity index (χ1) is 17.4. The molecule has 0 radical (unpaired) electrons. The molecule has 1 atom stereocenters. The van der Waals surface area contributed by atoms with Crippen LogP contribution in [0.3, 0.4) is 0 Å².